The molecule has 1 fully saturated rings. The van der Waals surface area contributed by atoms with Gasteiger partial charge in [0.25, 0.3) is 5.91 Å². The van der Waals surface area contributed by atoms with Crippen molar-refractivity contribution in [2.24, 2.45) is 0 Å². The van der Waals surface area contributed by atoms with Crippen molar-refractivity contribution in [3.63, 3.8) is 0 Å². The minimum absolute atomic E-state index is 0.0259. The summed E-state index contributed by atoms with van der Waals surface area (Å²) in [7, 11) is -6.81. The van der Waals surface area contributed by atoms with Crippen molar-refractivity contribution in [3.8, 4) is 0 Å². The predicted molar refractivity (Wildman–Crippen MR) is 63.0 cm³/mol. The van der Waals surface area contributed by atoms with Gasteiger partial charge in [0.1, 0.15) is 5.70 Å². The molecule has 0 aromatic heterocycles. The zero-order valence-electron chi connectivity index (χ0n) is 9.42. The summed E-state index contributed by atoms with van der Waals surface area (Å²) >= 11 is 0. The van der Waals surface area contributed by atoms with E-state index in [9.17, 15) is 21.6 Å². The van der Waals surface area contributed by atoms with Crippen molar-refractivity contribution in [2.75, 3.05) is 30.3 Å². The number of carbonyl (C=O) groups excluding carboxylic acids is 1. The highest BCUT2D eigenvalue weighted by Crippen LogP contribution is 2.34. The Balaban J connectivity index is 2.14. The lowest BCUT2D eigenvalue weighted by molar-refractivity contribution is -0.126. The lowest BCUT2D eigenvalue weighted by Gasteiger charge is -2.30. The molecule has 100 valence electrons. The molecule has 3 rings (SSSR count). The number of sulfone groups is 2. The largest absolute Gasteiger partial charge is 0.379 e. The third-order valence-electron chi connectivity index (χ3n) is 3.46. The maximum atomic E-state index is 12.0. The van der Waals surface area contributed by atoms with E-state index in [0.717, 1.165) is 0 Å². The highest BCUT2D eigenvalue weighted by molar-refractivity contribution is 7.95. The minimum Gasteiger partial charge on any atom is -0.379 e. The Morgan fingerprint density at radius 2 is 1.89 bits per heavy atom. The molecular formula is C9H12N2O5S2. The van der Waals surface area contributed by atoms with E-state index < -0.39 is 31.6 Å². The Morgan fingerprint density at radius 3 is 2.61 bits per heavy atom. The van der Waals surface area contributed by atoms with E-state index in [1.807, 2.05) is 0 Å². The second-order valence-corrected chi connectivity index (χ2v) is 8.92. The van der Waals surface area contributed by atoms with Gasteiger partial charge in [-0.1, -0.05) is 0 Å². The molecule has 0 aliphatic carbocycles. The van der Waals surface area contributed by atoms with Gasteiger partial charge in [0.05, 0.1) is 28.2 Å². The van der Waals surface area contributed by atoms with E-state index in [-0.39, 0.29) is 41.0 Å². The predicted octanol–water partition coefficient (Wildman–Crippen LogP) is -2.14. The molecule has 7 nitrogen and oxygen atoms in total. The van der Waals surface area contributed by atoms with Crippen LogP contribution in [-0.2, 0) is 24.5 Å². The van der Waals surface area contributed by atoms with E-state index >= 15 is 0 Å². The van der Waals surface area contributed by atoms with Crippen LogP contribution in [0.15, 0.2) is 10.6 Å². The van der Waals surface area contributed by atoms with Gasteiger partial charge in [-0.05, 0) is 0 Å². The topological polar surface area (TPSA) is 101 Å². The first-order chi connectivity index (χ1) is 8.32. The molecule has 0 radical (unpaired) electrons. The Morgan fingerprint density at radius 1 is 1.17 bits per heavy atom. The van der Waals surface area contributed by atoms with Gasteiger partial charge in [-0.3, -0.25) is 4.79 Å². The fourth-order valence-corrected chi connectivity index (χ4v) is 5.89. The fraction of sp³-hybridized carbons (Fsp3) is 0.667. The molecule has 1 unspecified atom stereocenters. The monoisotopic (exact) mass is 292 g/mol. The van der Waals surface area contributed by atoms with Gasteiger partial charge in [-0.15, -0.1) is 0 Å². The zero-order valence-corrected chi connectivity index (χ0v) is 11.1. The molecule has 9 heteroatoms. The summed E-state index contributed by atoms with van der Waals surface area (Å²) in [4.78, 5) is 13.3. The van der Waals surface area contributed by atoms with Crippen molar-refractivity contribution in [3.05, 3.63) is 10.6 Å². The van der Waals surface area contributed by atoms with Gasteiger partial charge in [-0.2, -0.15) is 0 Å². The molecule has 3 aliphatic rings. The summed E-state index contributed by atoms with van der Waals surface area (Å²) in [6.07, 6.45) is 0. The maximum Gasteiger partial charge on any atom is 0.271 e. The van der Waals surface area contributed by atoms with E-state index in [2.05, 4.69) is 5.32 Å². The molecule has 0 aromatic carbocycles. The molecule has 18 heavy (non-hydrogen) atoms. The summed E-state index contributed by atoms with van der Waals surface area (Å²) in [5.41, 5.74) is 0.0725. The first kappa shape index (κ1) is 12.0. The van der Waals surface area contributed by atoms with Crippen LogP contribution in [0.2, 0.25) is 0 Å². The average molecular weight is 292 g/mol. The summed E-state index contributed by atoms with van der Waals surface area (Å²) in [6, 6.07) is -0.830. The number of nitrogens with zero attached hydrogens (tertiary/aromatic N) is 1. The van der Waals surface area contributed by atoms with Crippen LogP contribution in [0.1, 0.15) is 0 Å². The van der Waals surface area contributed by atoms with E-state index in [1.54, 1.807) is 0 Å². The summed E-state index contributed by atoms with van der Waals surface area (Å²) in [5, 5.41) is 2.78. The normalized spacial score (nSPS) is 32.8. The third-order valence-corrected chi connectivity index (χ3v) is 6.98. The van der Waals surface area contributed by atoms with Crippen molar-refractivity contribution in [1.29, 1.82) is 0 Å². The van der Waals surface area contributed by atoms with Gasteiger partial charge in [0.2, 0.25) is 0 Å². The van der Waals surface area contributed by atoms with Gasteiger partial charge < -0.3 is 10.2 Å². The van der Waals surface area contributed by atoms with E-state index in [1.165, 1.54) is 4.90 Å². The molecule has 0 spiro atoms. The number of fused-ring (bicyclic) bond motifs is 2. The van der Waals surface area contributed by atoms with Gasteiger partial charge in [0, 0.05) is 13.1 Å². The quantitative estimate of drug-likeness (QED) is 0.546. The number of carbonyl (C=O) groups is 1. The standard InChI is InChI=1S/C9H12N2O5S2/c12-9-7-8(18(15,16)3-1-10-7)6-5-17(13,14)4-2-11(6)9/h6,10H,1-5H2. The van der Waals surface area contributed by atoms with Crippen LogP contribution in [0.4, 0.5) is 0 Å². The number of amides is 1. The number of hydrogen-bond acceptors (Lipinski definition) is 6. The lowest BCUT2D eigenvalue weighted by atomic mass is 10.3. The molecule has 0 saturated carbocycles. The second-order valence-electron chi connectivity index (χ2n) is 4.61. The Kier molecular flexibility index (Phi) is 2.31. The first-order valence-electron chi connectivity index (χ1n) is 5.54. The summed E-state index contributed by atoms with van der Waals surface area (Å²) in [6.45, 7) is 0.260. The highest BCUT2D eigenvalue weighted by Gasteiger charge is 2.50. The lowest BCUT2D eigenvalue weighted by Crippen LogP contribution is -2.48. The Bertz CT molecular complexity index is 661. The van der Waals surface area contributed by atoms with Crippen molar-refractivity contribution in [2.45, 2.75) is 6.04 Å². The number of rotatable bonds is 0. The van der Waals surface area contributed by atoms with Crippen LogP contribution in [0.3, 0.4) is 0 Å². The molecule has 3 heterocycles. The molecular weight excluding hydrogens is 280 g/mol. The first-order valence-corrected chi connectivity index (χ1v) is 9.01. The molecule has 1 N–H and O–H groups in total. The van der Waals surface area contributed by atoms with Crippen molar-refractivity contribution < 1.29 is 21.6 Å². The summed E-state index contributed by atoms with van der Waals surface area (Å²) in [5.74, 6) is -0.883. The van der Waals surface area contributed by atoms with Crippen LogP contribution in [0.5, 0.6) is 0 Å². The van der Waals surface area contributed by atoms with Gasteiger partial charge in [-0.25, -0.2) is 16.8 Å². The smallest absolute Gasteiger partial charge is 0.271 e. The number of nitrogens with one attached hydrogen (secondary N) is 1. The molecule has 1 amide bonds. The van der Waals surface area contributed by atoms with E-state index in [4.69, 9.17) is 0 Å². The minimum atomic E-state index is -3.52. The van der Waals surface area contributed by atoms with Crippen LogP contribution >= 0.6 is 0 Å². The second kappa shape index (κ2) is 3.47. The van der Waals surface area contributed by atoms with Crippen LogP contribution in [-0.4, -0.2) is 64.0 Å². The van der Waals surface area contributed by atoms with Crippen LogP contribution in [0.25, 0.3) is 0 Å². The number of hydrogen-bond donors (Lipinski definition) is 1. The van der Waals surface area contributed by atoms with Crippen LogP contribution < -0.4 is 5.32 Å². The zero-order chi connectivity index (χ0) is 13.1. The Hall–Kier alpha value is -1.09. The molecule has 3 aliphatic heterocycles. The van der Waals surface area contributed by atoms with Crippen LogP contribution in [0, 0.1) is 0 Å². The van der Waals surface area contributed by atoms with Crippen molar-refractivity contribution >= 4 is 25.6 Å². The fourth-order valence-electron chi connectivity index (χ4n) is 2.63. The van der Waals surface area contributed by atoms with Gasteiger partial charge in [0.15, 0.2) is 19.7 Å². The van der Waals surface area contributed by atoms with Crippen molar-refractivity contribution in [1.82, 2.24) is 10.2 Å². The molecule has 1 atom stereocenters. The highest BCUT2D eigenvalue weighted by atomic mass is 32.2. The third kappa shape index (κ3) is 1.57. The van der Waals surface area contributed by atoms with Gasteiger partial charge >= 0.3 is 0 Å². The molecule has 0 aromatic rings. The average Bonchev–Trinajstić information content (AvgIpc) is 2.51. The maximum absolute atomic E-state index is 12.0. The molecule has 0 bridgehead atoms. The summed E-state index contributed by atoms with van der Waals surface area (Å²) < 4.78 is 47.2. The Labute approximate surface area is 105 Å². The molecule has 1 saturated heterocycles. The van der Waals surface area contributed by atoms with E-state index in [0.29, 0.717) is 0 Å². The SMILES string of the molecule is O=C1C2=C(C3CS(=O)(=O)CCN13)S(=O)(=O)CCN2.